The number of benzene rings is 1. The lowest BCUT2D eigenvalue weighted by atomic mass is 9.99. The standard InChI is InChI=1S/C24H21F3N4O2/c1-13-4-9-18-19(29-13)11-22(33)31(20-10-14(2)28-15(3)23(18)20)12-21(32)30-17-7-5-16(6-8-17)24(25,26)27/h4-10H,11-12H2,1-3H3,(H,30,32). The van der Waals surface area contributed by atoms with Gasteiger partial charge in [0.1, 0.15) is 6.54 Å². The molecule has 0 fully saturated rings. The summed E-state index contributed by atoms with van der Waals surface area (Å²) in [5.74, 6) is -0.836. The zero-order valence-electron chi connectivity index (χ0n) is 18.2. The Balaban J connectivity index is 1.66. The number of hydrogen-bond acceptors (Lipinski definition) is 4. The highest BCUT2D eigenvalue weighted by atomic mass is 19.4. The third-order valence-electron chi connectivity index (χ3n) is 5.40. The first-order valence-corrected chi connectivity index (χ1v) is 10.3. The van der Waals surface area contributed by atoms with Gasteiger partial charge in [0, 0.05) is 33.9 Å². The van der Waals surface area contributed by atoms with Crippen molar-refractivity contribution in [2.75, 3.05) is 16.8 Å². The van der Waals surface area contributed by atoms with E-state index in [0.29, 0.717) is 22.8 Å². The van der Waals surface area contributed by atoms with Gasteiger partial charge in [-0.3, -0.25) is 19.6 Å². The molecule has 0 spiro atoms. The zero-order valence-corrected chi connectivity index (χ0v) is 18.2. The van der Waals surface area contributed by atoms with Crippen molar-refractivity contribution < 1.29 is 22.8 Å². The predicted octanol–water partition coefficient (Wildman–Crippen LogP) is 4.62. The van der Waals surface area contributed by atoms with Crippen LogP contribution in [0.25, 0.3) is 11.1 Å². The highest BCUT2D eigenvalue weighted by molar-refractivity contribution is 6.07. The molecule has 0 bridgehead atoms. The van der Waals surface area contributed by atoms with E-state index in [0.717, 1.165) is 29.0 Å². The van der Waals surface area contributed by atoms with Crippen LogP contribution in [-0.2, 0) is 22.2 Å². The van der Waals surface area contributed by atoms with Gasteiger partial charge in [-0.25, -0.2) is 0 Å². The van der Waals surface area contributed by atoms with E-state index in [4.69, 9.17) is 0 Å². The second-order valence-electron chi connectivity index (χ2n) is 7.97. The first-order chi connectivity index (χ1) is 15.5. The maximum absolute atomic E-state index is 13.2. The number of hydrogen-bond donors (Lipinski definition) is 1. The summed E-state index contributed by atoms with van der Waals surface area (Å²) in [4.78, 5) is 36.4. The Morgan fingerprint density at radius 1 is 1.03 bits per heavy atom. The summed E-state index contributed by atoms with van der Waals surface area (Å²) < 4.78 is 38.3. The third-order valence-corrected chi connectivity index (χ3v) is 5.40. The van der Waals surface area contributed by atoms with Gasteiger partial charge in [0.05, 0.1) is 23.4 Å². The monoisotopic (exact) mass is 454 g/mol. The number of nitrogens with zero attached hydrogens (tertiary/aromatic N) is 3. The number of aromatic nitrogens is 2. The lowest BCUT2D eigenvalue weighted by molar-refractivity contribution is -0.137. The van der Waals surface area contributed by atoms with E-state index in [2.05, 4.69) is 15.3 Å². The Bertz CT molecular complexity index is 1250. The van der Waals surface area contributed by atoms with Crippen LogP contribution in [0.2, 0.25) is 0 Å². The number of rotatable bonds is 3. The molecule has 2 amide bonds. The van der Waals surface area contributed by atoms with Gasteiger partial charge in [0.15, 0.2) is 0 Å². The topological polar surface area (TPSA) is 75.2 Å². The molecule has 1 aliphatic heterocycles. The number of halogens is 3. The molecule has 1 N–H and O–H groups in total. The molecule has 0 unspecified atom stereocenters. The van der Waals surface area contributed by atoms with Crippen LogP contribution in [-0.4, -0.2) is 28.3 Å². The minimum atomic E-state index is -4.46. The molecule has 0 aliphatic carbocycles. The van der Waals surface area contributed by atoms with Crippen molar-refractivity contribution in [2.24, 2.45) is 0 Å². The summed E-state index contributed by atoms with van der Waals surface area (Å²) in [5.41, 5.74) is 4.26. The van der Waals surface area contributed by atoms with Crippen LogP contribution in [0.3, 0.4) is 0 Å². The van der Waals surface area contributed by atoms with Crippen molar-refractivity contribution in [2.45, 2.75) is 33.4 Å². The highest BCUT2D eigenvalue weighted by Gasteiger charge is 2.31. The lowest BCUT2D eigenvalue weighted by Crippen LogP contribution is -2.38. The first kappa shape index (κ1) is 22.4. The number of pyridine rings is 2. The Labute approximate surface area is 188 Å². The van der Waals surface area contributed by atoms with E-state index in [-0.39, 0.29) is 24.6 Å². The second-order valence-corrected chi connectivity index (χ2v) is 7.97. The fourth-order valence-electron chi connectivity index (χ4n) is 3.96. The molecule has 0 saturated carbocycles. The Kier molecular flexibility index (Phi) is 5.65. The second kappa shape index (κ2) is 8.31. The summed E-state index contributed by atoms with van der Waals surface area (Å²) in [6.07, 6.45) is -4.45. The average Bonchev–Trinajstić information content (AvgIpc) is 2.82. The minimum absolute atomic E-state index is 0.0116. The molecule has 1 aliphatic rings. The molecular formula is C24H21F3N4O2. The number of carbonyl (C=O) groups excluding carboxylic acids is 2. The summed E-state index contributed by atoms with van der Waals surface area (Å²) in [7, 11) is 0. The van der Waals surface area contributed by atoms with Gasteiger partial charge >= 0.3 is 6.18 Å². The van der Waals surface area contributed by atoms with Crippen LogP contribution < -0.4 is 10.2 Å². The molecule has 6 nitrogen and oxygen atoms in total. The van der Waals surface area contributed by atoms with Gasteiger partial charge in [-0.1, -0.05) is 6.07 Å². The Morgan fingerprint density at radius 3 is 2.39 bits per heavy atom. The fourth-order valence-corrected chi connectivity index (χ4v) is 3.96. The van der Waals surface area contributed by atoms with Crippen molar-refractivity contribution in [3.63, 3.8) is 0 Å². The molecule has 0 atom stereocenters. The Morgan fingerprint density at radius 2 is 1.73 bits per heavy atom. The van der Waals surface area contributed by atoms with Crippen molar-refractivity contribution >= 4 is 23.2 Å². The van der Waals surface area contributed by atoms with E-state index < -0.39 is 17.6 Å². The highest BCUT2D eigenvalue weighted by Crippen LogP contribution is 2.38. The van der Waals surface area contributed by atoms with Gasteiger partial charge in [-0.2, -0.15) is 13.2 Å². The normalized spacial score (nSPS) is 13.3. The number of anilines is 2. The quantitative estimate of drug-likeness (QED) is 0.627. The largest absolute Gasteiger partial charge is 0.416 e. The molecule has 170 valence electrons. The van der Waals surface area contributed by atoms with Crippen LogP contribution in [0.1, 0.15) is 28.3 Å². The number of alkyl halides is 3. The summed E-state index contributed by atoms with van der Waals surface area (Å²) in [5, 5.41) is 2.57. The van der Waals surface area contributed by atoms with Crippen molar-refractivity contribution in [1.82, 2.24) is 9.97 Å². The number of fused-ring (bicyclic) bond motifs is 3. The molecule has 33 heavy (non-hydrogen) atoms. The van der Waals surface area contributed by atoms with Gasteiger partial charge in [-0.05, 0) is 57.2 Å². The van der Waals surface area contributed by atoms with Gasteiger partial charge in [0.25, 0.3) is 0 Å². The van der Waals surface area contributed by atoms with Gasteiger partial charge in [0.2, 0.25) is 11.8 Å². The molecule has 4 rings (SSSR count). The molecule has 1 aromatic carbocycles. The van der Waals surface area contributed by atoms with Crippen LogP contribution in [0.5, 0.6) is 0 Å². The zero-order chi connectivity index (χ0) is 23.9. The first-order valence-electron chi connectivity index (χ1n) is 10.3. The van der Waals surface area contributed by atoms with Crippen LogP contribution >= 0.6 is 0 Å². The van der Waals surface area contributed by atoms with E-state index in [1.54, 1.807) is 13.0 Å². The predicted molar refractivity (Wildman–Crippen MR) is 118 cm³/mol. The van der Waals surface area contributed by atoms with Crippen LogP contribution in [0.15, 0.2) is 42.5 Å². The van der Waals surface area contributed by atoms with Crippen molar-refractivity contribution in [3.8, 4) is 11.1 Å². The van der Waals surface area contributed by atoms with E-state index >= 15 is 0 Å². The number of nitrogens with one attached hydrogen (secondary N) is 1. The molecule has 2 aromatic heterocycles. The average molecular weight is 454 g/mol. The van der Waals surface area contributed by atoms with Gasteiger partial charge in [-0.15, -0.1) is 0 Å². The van der Waals surface area contributed by atoms with Crippen molar-refractivity contribution in [3.05, 3.63) is 70.8 Å². The van der Waals surface area contributed by atoms with Crippen molar-refractivity contribution in [1.29, 1.82) is 0 Å². The van der Waals surface area contributed by atoms with E-state index in [1.165, 1.54) is 17.0 Å². The fraction of sp³-hybridized carbons (Fsp3) is 0.250. The molecular weight excluding hydrogens is 433 g/mol. The summed E-state index contributed by atoms with van der Waals surface area (Å²) in [6, 6.07) is 9.66. The molecule has 0 saturated heterocycles. The molecule has 3 heterocycles. The van der Waals surface area contributed by atoms with Crippen LogP contribution in [0.4, 0.5) is 24.5 Å². The number of amides is 2. The maximum atomic E-state index is 13.2. The Hall–Kier alpha value is -3.75. The maximum Gasteiger partial charge on any atom is 0.416 e. The number of aryl methyl sites for hydroxylation is 3. The SMILES string of the molecule is Cc1cc2c(c(C)n1)-c1ccc(C)nc1CC(=O)N2CC(=O)Nc1ccc(C(F)(F)F)cc1. The molecule has 3 aromatic rings. The van der Waals surface area contributed by atoms with Crippen LogP contribution in [0, 0.1) is 20.8 Å². The summed E-state index contributed by atoms with van der Waals surface area (Å²) in [6.45, 7) is 5.18. The summed E-state index contributed by atoms with van der Waals surface area (Å²) >= 11 is 0. The third kappa shape index (κ3) is 4.57. The molecule has 0 radical (unpaired) electrons. The number of carbonyl (C=O) groups is 2. The lowest BCUT2D eigenvalue weighted by Gasteiger charge is -2.24. The van der Waals surface area contributed by atoms with E-state index in [9.17, 15) is 22.8 Å². The minimum Gasteiger partial charge on any atom is -0.325 e. The molecule has 9 heteroatoms. The van der Waals surface area contributed by atoms with Gasteiger partial charge < -0.3 is 10.2 Å². The van der Waals surface area contributed by atoms with E-state index in [1.807, 2.05) is 26.0 Å². The smallest absolute Gasteiger partial charge is 0.325 e.